The second kappa shape index (κ2) is 8.18. The number of hydrogen-bond donors (Lipinski definition) is 0. The fourth-order valence-electron chi connectivity index (χ4n) is 3.35. The molecule has 4 aromatic rings. The summed E-state index contributed by atoms with van der Waals surface area (Å²) < 4.78 is 0. The number of halogens is 1. The zero-order chi connectivity index (χ0) is 17.1. The van der Waals surface area contributed by atoms with E-state index in [1.165, 1.54) is 27.1 Å². The SMILES string of the molecule is Cl.PC(c1ccccc1)(c1ccccc1)c1ccccc1-c1cccs1. The first-order valence-electron chi connectivity index (χ1n) is 8.33. The molecule has 0 N–H and O–H groups in total. The van der Waals surface area contributed by atoms with Gasteiger partial charge >= 0.3 is 0 Å². The van der Waals surface area contributed by atoms with Crippen molar-refractivity contribution in [2.24, 2.45) is 0 Å². The molecule has 0 nitrogen and oxygen atoms in total. The normalized spacial score (nSPS) is 11.0. The maximum Gasteiger partial charge on any atom is 0.0597 e. The third-order valence-electron chi connectivity index (χ3n) is 4.60. The summed E-state index contributed by atoms with van der Waals surface area (Å²) in [6.45, 7) is 0. The molecule has 0 spiro atoms. The van der Waals surface area contributed by atoms with Gasteiger partial charge in [-0.25, -0.2) is 0 Å². The Kier molecular flexibility index (Phi) is 5.94. The van der Waals surface area contributed by atoms with E-state index < -0.39 is 0 Å². The zero-order valence-electron chi connectivity index (χ0n) is 14.2. The predicted molar refractivity (Wildman–Crippen MR) is 119 cm³/mol. The number of hydrogen-bond acceptors (Lipinski definition) is 1. The third kappa shape index (κ3) is 3.35. The number of rotatable bonds is 4. The van der Waals surface area contributed by atoms with Gasteiger partial charge in [-0.15, -0.1) is 33.0 Å². The highest BCUT2D eigenvalue weighted by Gasteiger charge is 2.33. The van der Waals surface area contributed by atoms with Crippen LogP contribution in [0.5, 0.6) is 0 Å². The molecule has 0 amide bonds. The van der Waals surface area contributed by atoms with E-state index in [2.05, 4.69) is 112 Å². The minimum absolute atomic E-state index is 0. The lowest BCUT2D eigenvalue weighted by Gasteiger charge is -2.33. The molecule has 1 heterocycles. The molecule has 3 aromatic carbocycles. The summed E-state index contributed by atoms with van der Waals surface area (Å²) in [4.78, 5) is 1.30. The number of benzene rings is 3. The van der Waals surface area contributed by atoms with Crippen molar-refractivity contribution in [3.8, 4) is 10.4 Å². The highest BCUT2D eigenvalue weighted by Crippen LogP contribution is 2.48. The van der Waals surface area contributed by atoms with Crippen molar-refractivity contribution in [2.45, 2.75) is 5.16 Å². The molecule has 0 aliphatic carbocycles. The first-order chi connectivity index (χ1) is 12.3. The van der Waals surface area contributed by atoms with E-state index in [-0.39, 0.29) is 17.6 Å². The summed E-state index contributed by atoms with van der Waals surface area (Å²) in [6.07, 6.45) is 0. The van der Waals surface area contributed by atoms with Gasteiger partial charge in [0.15, 0.2) is 0 Å². The molecular formula is C23H20ClPS. The Bertz CT molecular complexity index is 910. The van der Waals surface area contributed by atoms with Gasteiger partial charge in [0.1, 0.15) is 0 Å². The minimum Gasteiger partial charge on any atom is -0.147 e. The standard InChI is InChI=1S/C23H19PS.ClH/c24-23(18-10-3-1-4-11-18,19-12-5-2-6-13-19)21-15-8-7-14-20(21)22-16-9-17-25-22;/h1-17H,24H2;1H. The summed E-state index contributed by atoms with van der Waals surface area (Å²) >= 11 is 1.79. The minimum atomic E-state index is -0.289. The molecule has 4 rings (SSSR count). The second-order valence-electron chi connectivity index (χ2n) is 6.06. The lowest BCUT2D eigenvalue weighted by atomic mass is 9.81. The smallest absolute Gasteiger partial charge is 0.0597 e. The van der Waals surface area contributed by atoms with Crippen LogP contribution in [0.3, 0.4) is 0 Å². The fourth-order valence-corrected chi connectivity index (χ4v) is 4.76. The van der Waals surface area contributed by atoms with Crippen LogP contribution in [0.4, 0.5) is 0 Å². The molecule has 26 heavy (non-hydrogen) atoms. The van der Waals surface area contributed by atoms with Gasteiger partial charge in [-0.05, 0) is 33.7 Å². The van der Waals surface area contributed by atoms with E-state index in [4.69, 9.17) is 0 Å². The van der Waals surface area contributed by atoms with Crippen molar-refractivity contribution in [1.82, 2.24) is 0 Å². The molecule has 0 saturated carbocycles. The molecule has 1 unspecified atom stereocenters. The van der Waals surface area contributed by atoms with E-state index in [1.54, 1.807) is 11.3 Å². The second-order valence-corrected chi connectivity index (χ2v) is 7.88. The molecule has 130 valence electrons. The lowest BCUT2D eigenvalue weighted by Crippen LogP contribution is -2.22. The first-order valence-corrected chi connectivity index (χ1v) is 9.79. The van der Waals surface area contributed by atoms with E-state index in [0.29, 0.717) is 0 Å². The summed E-state index contributed by atoms with van der Waals surface area (Å²) in [6, 6.07) is 34.5. The van der Waals surface area contributed by atoms with Crippen LogP contribution in [-0.2, 0) is 5.16 Å². The third-order valence-corrected chi connectivity index (χ3v) is 6.48. The molecule has 0 aliphatic rings. The Morgan fingerprint density at radius 2 is 1.15 bits per heavy atom. The summed E-state index contributed by atoms with van der Waals surface area (Å²) in [5, 5.41) is 1.85. The van der Waals surface area contributed by atoms with Crippen molar-refractivity contribution in [3.63, 3.8) is 0 Å². The monoisotopic (exact) mass is 394 g/mol. The van der Waals surface area contributed by atoms with Crippen LogP contribution in [0.25, 0.3) is 10.4 Å². The van der Waals surface area contributed by atoms with Gasteiger partial charge in [-0.1, -0.05) is 91.0 Å². The van der Waals surface area contributed by atoms with Gasteiger partial charge in [0.2, 0.25) is 0 Å². The molecule has 0 fully saturated rings. The maximum atomic E-state index is 3.14. The lowest BCUT2D eigenvalue weighted by molar-refractivity contribution is 0.899. The van der Waals surface area contributed by atoms with Crippen LogP contribution >= 0.6 is 33.0 Å². The van der Waals surface area contributed by atoms with Crippen LogP contribution in [0.15, 0.2) is 102 Å². The van der Waals surface area contributed by atoms with Crippen LogP contribution in [-0.4, -0.2) is 0 Å². The fraction of sp³-hybridized carbons (Fsp3) is 0.0435. The zero-order valence-corrected chi connectivity index (χ0v) is 17.0. The highest BCUT2D eigenvalue weighted by molar-refractivity contribution is 7.19. The molecule has 1 atom stereocenters. The van der Waals surface area contributed by atoms with E-state index >= 15 is 0 Å². The van der Waals surface area contributed by atoms with Gasteiger partial charge in [0.05, 0.1) is 5.16 Å². The van der Waals surface area contributed by atoms with E-state index in [9.17, 15) is 0 Å². The average molecular weight is 395 g/mol. The van der Waals surface area contributed by atoms with Gasteiger partial charge in [0.25, 0.3) is 0 Å². The van der Waals surface area contributed by atoms with E-state index in [1.807, 2.05) is 0 Å². The van der Waals surface area contributed by atoms with Gasteiger partial charge in [0, 0.05) is 4.88 Å². The van der Waals surface area contributed by atoms with Crippen molar-refractivity contribution < 1.29 is 0 Å². The number of thiophene rings is 1. The summed E-state index contributed by atoms with van der Waals surface area (Å²) in [5.41, 5.74) is 5.14. The Labute approximate surface area is 167 Å². The van der Waals surface area contributed by atoms with Crippen LogP contribution < -0.4 is 0 Å². The van der Waals surface area contributed by atoms with E-state index in [0.717, 1.165) is 0 Å². The molecule has 0 aliphatic heterocycles. The molecule has 0 bridgehead atoms. The van der Waals surface area contributed by atoms with Crippen molar-refractivity contribution in [1.29, 1.82) is 0 Å². The molecule has 3 heteroatoms. The quantitative estimate of drug-likeness (QED) is 0.258. The Balaban J connectivity index is 0.00000196. The van der Waals surface area contributed by atoms with Crippen molar-refractivity contribution in [3.05, 3.63) is 119 Å². The van der Waals surface area contributed by atoms with Gasteiger partial charge in [-0.3, -0.25) is 0 Å². The van der Waals surface area contributed by atoms with Crippen molar-refractivity contribution >= 4 is 33.0 Å². The molecular weight excluding hydrogens is 375 g/mol. The highest BCUT2D eigenvalue weighted by atomic mass is 35.5. The molecule has 1 aromatic heterocycles. The topological polar surface area (TPSA) is 0 Å². The Morgan fingerprint density at radius 3 is 1.69 bits per heavy atom. The van der Waals surface area contributed by atoms with Gasteiger partial charge in [-0.2, -0.15) is 0 Å². The predicted octanol–water partition coefficient (Wildman–Crippen LogP) is 7.00. The summed E-state index contributed by atoms with van der Waals surface area (Å²) in [5.74, 6) is 0. The maximum absolute atomic E-state index is 3.14. The summed E-state index contributed by atoms with van der Waals surface area (Å²) in [7, 11) is 3.14. The Hall–Kier alpha value is -1.92. The average Bonchev–Trinajstić information content (AvgIpc) is 3.23. The van der Waals surface area contributed by atoms with Gasteiger partial charge < -0.3 is 0 Å². The van der Waals surface area contributed by atoms with Crippen molar-refractivity contribution in [2.75, 3.05) is 0 Å². The van der Waals surface area contributed by atoms with Crippen LogP contribution in [0.1, 0.15) is 16.7 Å². The molecule has 0 saturated heterocycles. The molecule has 0 radical (unpaired) electrons. The van der Waals surface area contributed by atoms with Crippen LogP contribution in [0.2, 0.25) is 0 Å². The van der Waals surface area contributed by atoms with Crippen LogP contribution in [0, 0.1) is 0 Å². The first kappa shape index (κ1) is 18.9. The largest absolute Gasteiger partial charge is 0.147 e. The Morgan fingerprint density at radius 1 is 0.615 bits per heavy atom.